The molecule has 13 heavy (non-hydrogen) atoms. The van der Waals surface area contributed by atoms with Crippen LogP contribution in [0.2, 0.25) is 0 Å². The molecule has 1 aromatic rings. The molecule has 0 bridgehead atoms. The molecule has 1 N–H and O–H groups in total. The summed E-state index contributed by atoms with van der Waals surface area (Å²) in [5.41, 5.74) is 0. The lowest BCUT2D eigenvalue weighted by molar-refractivity contribution is 0.158. The Bertz CT molecular complexity index is 317. The van der Waals surface area contributed by atoms with Gasteiger partial charge in [0.15, 0.2) is 4.77 Å². The first-order chi connectivity index (χ1) is 6.15. The summed E-state index contributed by atoms with van der Waals surface area (Å²) in [5.74, 6) is 1.45. The smallest absolute Gasteiger partial charge is 0.194 e. The van der Waals surface area contributed by atoms with E-state index < -0.39 is 0 Å². The fraction of sp³-hybridized carbons (Fsp3) is 0.750. The predicted octanol–water partition coefficient (Wildman–Crippen LogP) is 1.30. The van der Waals surface area contributed by atoms with Gasteiger partial charge in [-0.1, -0.05) is 6.92 Å². The summed E-state index contributed by atoms with van der Waals surface area (Å²) in [5, 5.41) is 6.89. The number of ether oxygens (including phenoxy) is 1. The van der Waals surface area contributed by atoms with Crippen LogP contribution in [0.5, 0.6) is 0 Å². The van der Waals surface area contributed by atoms with Crippen molar-refractivity contribution in [3.63, 3.8) is 0 Å². The van der Waals surface area contributed by atoms with Crippen LogP contribution in [0.1, 0.15) is 12.7 Å². The van der Waals surface area contributed by atoms with Crippen LogP contribution in [0.4, 0.5) is 0 Å². The minimum absolute atomic E-state index is 0.467. The summed E-state index contributed by atoms with van der Waals surface area (Å²) in [6.45, 7) is 2.88. The second-order valence-corrected chi connectivity index (χ2v) is 3.66. The van der Waals surface area contributed by atoms with E-state index in [4.69, 9.17) is 17.0 Å². The number of aromatic nitrogens is 3. The van der Waals surface area contributed by atoms with Crippen molar-refractivity contribution in [1.82, 2.24) is 14.8 Å². The summed E-state index contributed by atoms with van der Waals surface area (Å²) < 4.78 is 7.61. The van der Waals surface area contributed by atoms with Crippen molar-refractivity contribution in [2.24, 2.45) is 13.0 Å². The van der Waals surface area contributed by atoms with E-state index in [0.29, 0.717) is 10.7 Å². The van der Waals surface area contributed by atoms with Crippen molar-refractivity contribution in [2.45, 2.75) is 13.3 Å². The Morgan fingerprint density at radius 3 is 2.85 bits per heavy atom. The molecule has 1 rings (SSSR count). The Morgan fingerprint density at radius 1 is 1.69 bits per heavy atom. The van der Waals surface area contributed by atoms with Gasteiger partial charge in [-0.2, -0.15) is 5.10 Å². The number of hydrogen-bond acceptors (Lipinski definition) is 3. The highest BCUT2D eigenvalue weighted by molar-refractivity contribution is 7.71. The lowest BCUT2D eigenvalue weighted by Crippen LogP contribution is -2.10. The first kappa shape index (κ1) is 10.4. The van der Waals surface area contributed by atoms with Crippen LogP contribution in [0.15, 0.2) is 0 Å². The van der Waals surface area contributed by atoms with Crippen LogP contribution in [0.3, 0.4) is 0 Å². The van der Waals surface area contributed by atoms with E-state index >= 15 is 0 Å². The molecule has 0 aliphatic heterocycles. The third kappa shape index (κ3) is 2.63. The maximum atomic E-state index is 5.05. The number of nitrogens with zero attached hydrogens (tertiary/aromatic N) is 2. The monoisotopic (exact) mass is 201 g/mol. The number of nitrogens with one attached hydrogen (secondary N) is 1. The molecule has 1 heterocycles. The Labute approximate surface area is 82.9 Å². The topological polar surface area (TPSA) is 42.8 Å². The Hall–Kier alpha value is -0.680. The molecule has 1 atom stereocenters. The van der Waals surface area contributed by atoms with E-state index in [1.807, 2.05) is 11.6 Å². The van der Waals surface area contributed by atoms with Crippen molar-refractivity contribution < 1.29 is 4.74 Å². The number of aromatic amines is 1. The summed E-state index contributed by atoms with van der Waals surface area (Å²) in [6.07, 6.45) is 0.886. The van der Waals surface area contributed by atoms with Gasteiger partial charge in [0.2, 0.25) is 0 Å². The van der Waals surface area contributed by atoms with E-state index in [1.165, 1.54) is 0 Å². The maximum absolute atomic E-state index is 5.05. The quantitative estimate of drug-likeness (QED) is 0.747. The highest BCUT2D eigenvalue weighted by Gasteiger charge is 2.07. The molecule has 4 nitrogen and oxygen atoms in total. The SMILES string of the molecule is COCC(C)Cc1n[nH]c(=S)n1C. The zero-order valence-electron chi connectivity index (χ0n) is 8.20. The zero-order chi connectivity index (χ0) is 9.84. The first-order valence-corrected chi connectivity index (χ1v) is 4.65. The molecule has 74 valence electrons. The van der Waals surface area contributed by atoms with Gasteiger partial charge < -0.3 is 9.30 Å². The average molecular weight is 201 g/mol. The standard InChI is InChI=1S/C8H15N3OS/c1-6(5-12-3)4-7-9-10-8(13)11(7)2/h6H,4-5H2,1-3H3,(H,10,13). The average Bonchev–Trinajstić information content (AvgIpc) is 2.37. The van der Waals surface area contributed by atoms with Gasteiger partial charge in [-0.05, 0) is 18.1 Å². The van der Waals surface area contributed by atoms with Gasteiger partial charge in [-0.15, -0.1) is 0 Å². The third-order valence-electron chi connectivity index (χ3n) is 1.95. The molecule has 0 aromatic carbocycles. The predicted molar refractivity (Wildman–Crippen MR) is 53.1 cm³/mol. The molecule has 0 aliphatic rings. The van der Waals surface area contributed by atoms with Crippen LogP contribution in [0, 0.1) is 10.7 Å². The summed E-state index contributed by atoms with van der Waals surface area (Å²) in [7, 11) is 3.63. The molecule has 0 amide bonds. The molecule has 0 aliphatic carbocycles. The van der Waals surface area contributed by atoms with E-state index in [0.717, 1.165) is 18.9 Å². The van der Waals surface area contributed by atoms with Gasteiger partial charge in [-0.3, -0.25) is 5.10 Å². The Morgan fingerprint density at radius 2 is 2.38 bits per heavy atom. The van der Waals surface area contributed by atoms with Gasteiger partial charge in [0.25, 0.3) is 0 Å². The van der Waals surface area contributed by atoms with E-state index in [-0.39, 0.29) is 0 Å². The van der Waals surface area contributed by atoms with Gasteiger partial charge in [0, 0.05) is 27.2 Å². The largest absolute Gasteiger partial charge is 0.384 e. The van der Waals surface area contributed by atoms with E-state index in [9.17, 15) is 0 Å². The maximum Gasteiger partial charge on any atom is 0.194 e. The number of hydrogen-bond donors (Lipinski definition) is 1. The minimum atomic E-state index is 0.467. The normalized spacial score (nSPS) is 13.2. The van der Waals surface area contributed by atoms with Crippen LogP contribution < -0.4 is 0 Å². The molecular formula is C8H15N3OS. The number of H-pyrrole nitrogens is 1. The molecule has 1 aromatic heterocycles. The van der Waals surface area contributed by atoms with Crippen LogP contribution >= 0.6 is 12.2 Å². The lowest BCUT2D eigenvalue weighted by atomic mass is 10.1. The fourth-order valence-corrected chi connectivity index (χ4v) is 1.37. The van der Waals surface area contributed by atoms with Gasteiger partial charge in [0.05, 0.1) is 0 Å². The van der Waals surface area contributed by atoms with Crippen LogP contribution in [-0.4, -0.2) is 28.5 Å². The Balaban J connectivity index is 2.63. The molecule has 0 saturated heterocycles. The van der Waals surface area contributed by atoms with Crippen molar-refractivity contribution in [1.29, 1.82) is 0 Å². The highest BCUT2D eigenvalue weighted by atomic mass is 32.1. The second kappa shape index (κ2) is 4.53. The van der Waals surface area contributed by atoms with E-state index in [2.05, 4.69) is 17.1 Å². The minimum Gasteiger partial charge on any atom is -0.384 e. The number of methoxy groups -OCH3 is 1. The lowest BCUT2D eigenvalue weighted by Gasteiger charge is -2.08. The van der Waals surface area contributed by atoms with Crippen molar-refractivity contribution >= 4 is 12.2 Å². The third-order valence-corrected chi connectivity index (χ3v) is 2.32. The highest BCUT2D eigenvalue weighted by Crippen LogP contribution is 2.05. The number of rotatable bonds is 4. The van der Waals surface area contributed by atoms with Gasteiger partial charge in [-0.25, -0.2) is 0 Å². The first-order valence-electron chi connectivity index (χ1n) is 4.24. The molecule has 1 unspecified atom stereocenters. The Kier molecular flexibility index (Phi) is 3.62. The molecule has 0 fully saturated rings. The van der Waals surface area contributed by atoms with Crippen LogP contribution in [0.25, 0.3) is 0 Å². The molecule has 5 heteroatoms. The van der Waals surface area contributed by atoms with Gasteiger partial charge in [0.1, 0.15) is 5.82 Å². The summed E-state index contributed by atoms with van der Waals surface area (Å²) in [4.78, 5) is 0. The molecule has 0 saturated carbocycles. The fourth-order valence-electron chi connectivity index (χ4n) is 1.22. The van der Waals surface area contributed by atoms with E-state index in [1.54, 1.807) is 7.11 Å². The second-order valence-electron chi connectivity index (χ2n) is 3.27. The summed E-state index contributed by atoms with van der Waals surface area (Å²) in [6, 6.07) is 0. The van der Waals surface area contributed by atoms with Crippen molar-refractivity contribution in [3.8, 4) is 0 Å². The zero-order valence-corrected chi connectivity index (χ0v) is 9.02. The molecule has 0 radical (unpaired) electrons. The summed E-state index contributed by atoms with van der Waals surface area (Å²) >= 11 is 5.01. The van der Waals surface area contributed by atoms with Crippen LogP contribution in [-0.2, 0) is 18.2 Å². The molecular weight excluding hydrogens is 186 g/mol. The van der Waals surface area contributed by atoms with Crippen molar-refractivity contribution in [2.75, 3.05) is 13.7 Å². The van der Waals surface area contributed by atoms with Crippen molar-refractivity contribution in [3.05, 3.63) is 10.6 Å². The van der Waals surface area contributed by atoms with Gasteiger partial charge >= 0.3 is 0 Å². The molecule has 0 spiro atoms.